The van der Waals surface area contributed by atoms with Crippen LogP contribution in [0.2, 0.25) is 0 Å². The SMILES string of the molecule is CCCC1CC(NC(C)(CC)CC)CCO1. The van der Waals surface area contributed by atoms with Gasteiger partial charge in [-0.2, -0.15) is 0 Å². The molecule has 0 aromatic rings. The number of nitrogens with one attached hydrogen (secondary N) is 1. The Morgan fingerprint density at radius 3 is 2.50 bits per heavy atom. The molecule has 1 heterocycles. The van der Waals surface area contributed by atoms with E-state index < -0.39 is 0 Å². The van der Waals surface area contributed by atoms with Crippen LogP contribution in [0, 0.1) is 0 Å². The number of rotatable bonds is 6. The van der Waals surface area contributed by atoms with Crippen LogP contribution in [0.3, 0.4) is 0 Å². The van der Waals surface area contributed by atoms with E-state index in [1.165, 1.54) is 38.5 Å². The fraction of sp³-hybridized carbons (Fsp3) is 1.00. The lowest BCUT2D eigenvalue weighted by atomic mass is 9.91. The molecule has 1 N–H and O–H groups in total. The molecule has 1 rings (SSSR count). The highest BCUT2D eigenvalue weighted by molar-refractivity contribution is 4.87. The van der Waals surface area contributed by atoms with Crippen molar-refractivity contribution in [2.24, 2.45) is 0 Å². The van der Waals surface area contributed by atoms with E-state index in [4.69, 9.17) is 4.74 Å². The number of hydrogen-bond acceptors (Lipinski definition) is 2. The Morgan fingerprint density at radius 1 is 1.25 bits per heavy atom. The quantitative estimate of drug-likeness (QED) is 0.750. The first-order valence-electron chi connectivity index (χ1n) is 7.02. The first kappa shape index (κ1) is 14.0. The average molecular weight is 227 g/mol. The zero-order valence-electron chi connectivity index (χ0n) is 11.5. The average Bonchev–Trinajstić information content (AvgIpc) is 2.30. The van der Waals surface area contributed by atoms with Crippen LogP contribution < -0.4 is 5.32 Å². The minimum Gasteiger partial charge on any atom is -0.378 e. The molecule has 0 radical (unpaired) electrons. The summed E-state index contributed by atoms with van der Waals surface area (Å²) in [6.07, 6.45) is 7.73. The van der Waals surface area contributed by atoms with Crippen molar-refractivity contribution in [3.05, 3.63) is 0 Å². The maximum atomic E-state index is 5.79. The molecule has 16 heavy (non-hydrogen) atoms. The van der Waals surface area contributed by atoms with Gasteiger partial charge in [-0.05, 0) is 39.0 Å². The molecule has 2 atom stereocenters. The summed E-state index contributed by atoms with van der Waals surface area (Å²) in [5.74, 6) is 0. The van der Waals surface area contributed by atoms with Crippen molar-refractivity contribution in [1.82, 2.24) is 5.32 Å². The van der Waals surface area contributed by atoms with Crippen LogP contribution in [0.5, 0.6) is 0 Å². The minimum absolute atomic E-state index is 0.318. The van der Waals surface area contributed by atoms with Crippen LogP contribution in [-0.4, -0.2) is 24.3 Å². The van der Waals surface area contributed by atoms with Crippen molar-refractivity contribution < 1.29 is 4.74 Å². The number of ether oxygens (including phenoxy) is 1. The van der Waals surface area contributed by atoms with E-state index in [2.05, 4.69) is 33.0 Å². The van der Waals surface area contributed by atoms with Crippen LogP contribution in [0.1, 0.15) is 66.2 Å². The highest BCUT2D eigenvalue weighted by atomic mass is 16.5. The van der Waals surface area contributed by atoms with E-state index in [9.17, 15) is 0 Å². The van der Waals surface area contributed by atoms with Crippen molar-refractivity contribution >= 4 is 0 Å². The minimum atomic E-state index is 0.318. The molecule has 0 amide bonds. The topological polar surface area (TPSA) is 21.3 Å². The van der Waals surface area contributed by atoms with E-state index in [0.717, 1.165) is 6.61 Å². The van der Waals surface area contributed by atoms with E-state index in [-0.39, 0.29) is 0 Å². The second-order valence-corrected chi connectivity index (χ2v) is 5.41. The second kappa shape index (κ2) is 6.61. The molecular weight excluding hydrogens is 198 g/mol. The Balaban J connectivity index is 2.41. The Morgan fingerprint density at radius 2 is 1.94 bits per heavy atom. The number of hydrogen-bond donors (Lipinski definition) is 1. The standard InChI is InChI=1S/C14H29NO/c1-5-8-13-11-12(9-10-16-13)15-14(4,6-2)7-3/h12-13,15H,5-11H2,1-4H3. The molecule has 1 aliphatic heterocycles. The third-order valence-electron chi connectivity index (χ3n) is 4.09. The second-order valence-electron chi connectivity index (χ2n) is 5.41. The Kier molecular flexibility index (Phi) is 5.77. The summed E-state index contributed by atoms with van der Waals surface area (Å²) in [4.78, 5) is 0. The van der Waals surface area contributed by atoms with Gasteiger partial charge in [0.05, 0.1) is 6.10 Å². The lowest BCUT2D eigenvalue weighted by molar-refractivity contribution is -0.00861. The lowest BCUT2D eigenvalue weighted by Crippen LogP contribution is -2.50. The summed E-state index contributed by atoms with van der Waals surface area (Å²) < 4.78 is 5.79. The largest absolute Gasteiger partial charge is 0.378 e. The van der Waals surface area contributed by atoms with Crippen LogP contribution >= 0.6 is 0 Å². The van der Waals surface area contributed by atoms with Gasteiger partial charge in [0, 0.05) is 18.2 Å². The van der Waals surface area contributed by atoms with Gasteiger partial charge in [-0.1, -0.05) is 27.2 Å². The summed E-state index contributed by atoms with van der Waals surface area (Å²) >= 11 is 0. The van der Waals surface area contributed by atoms with Gasteiger partial charge in [0.2, 0.25) is 0 Å². The molecule has 2 unspecified atom stereocenters. The molecule has 1 aliphatic rings. The predicted octanol–water partition coefficient (Wildman–Crippen LogP) is 3.50. The maximum Gasteiger partial charge on any atom is 0.0589 e. The molecule has 1 fully saturated rings. The molecule has 1 saturated heterocycles. The van der Waals surface area contributed by atoms with Crippen molar-refractivity contribution in [1.29, 1.82) is 0 Å². The van der Waals surface area contributed by atoms with Gasteiger partial charge < -0.3 is 10.1 Å². The maximum absolute atomic E-state index is 5.79. The summed E-state index contributed by atoms with van der Waals surface area (Å²) in [5.41, 5.74) is 0.318. The molecule has 0 spiro atoms. The van der Waals surface area contributed by atoms with Gasteiger partial charge in [0.1, 0.15) is 0 Å². The van der Waals surface area contributed by atoms with Gasteiger partial charge in [-0.25, -0.2) is 0 Å². The van der Waals surface area contributed by atoms with Crippen molar-refractivity contribution in [3.63, 3.8) is 0 Å². The molecule has 0 aromatic carbocycles. The van der Waals surface area contributed by atoms with Gasteiger partial charge in [0.25, 0.3) is 0 Å². The molecule has 0 saturated carbocycles. The molecule has 2 heteroatoms. The van der Waals surface area contributed by atoms with Gasteiger partial charge in [-0.15, -0.1) is 0 Å². The van der Waals surface area contributed by atoms with Crippen LogP contribution in [0.4, 0.5) is 0 Å². The highest BCUT2D eigenvalue weighted by Gasteiger charge is 2.28. The first-order chi connectivity index (χ1) is 7.63. The van der Waals surface area contributed by atoms with Crippen LogP contribution in [0.25, 0.3) is 0 Å². The Hall–Kier alpha value is -0.0800. The fourth-order valence-corrected chi connectivity index (χ4v) is 2.48. The van der Waals surface area contributed by atoms with Gasteiger partial charge in [-0.3, -0.25) is 0 Å². The summed E-state index contributed by atoms with van der Waals surface area (Å²) in [5, 5.41) is 3.84. The normalized spacial score (nSPS) is 27.0. The van der Waals surface area contributed by atoms with Crippen LogP contribution in [0.15, 0.2) is 0 Å². The molecule has 96 valence electrons. The summed E-state index contributed by atoms with van der Waals surface area (Å²) in [6.45, 7) is 10.1. The van der Waals surface area contributed by atoms with E-state index in [0.29, 0.717) is 17.7 Å². The van der Waals surface area contributed by atoms with Gasteiger partial charge >= 0.3 is 0 Å². The van der Waals surface area contributed by atoms with Crippen LogP contribution in [-0.2, 0) is 4.74 Å². The molecule has 0 aliphatic carbocycles. The highest BCUT2D eigenvalue weighted by Crippen LogP contribution is 2.22. The van der Waals surface area contributed by atoms with Crippen molar-refractivity contribution in [2.75, 3.05) is 6.61 Å². The third-order valence-corrected chi connectivity index (χ3v) is 4.09. The monoisotopic (exact) mass is 227 g/mol. The van der Waals surface area contributed by atoms with E-state index >= 15 is 0 Å². The zero-order valence-corrected chi connectivity index (χ0v) is 11.5. The molecule has 0 aromatic heterocycles. The lowest BCUT2D eigenvalue weighted by Gasteiger charge is -2.38. The predicted molar refractivity (Wildman–Crippen MR) is 69.8 cm³/mol. The first-order valence-corrected chi connectivity index (χ1v) is 7.02. The van der Waals surface area contributed by atoms with Gasteiger partial charge in [0.15, 0.2) is 0 Å². The smallest absolute Gasteiger partial charge is 0.0589 e. The summed E-state index contributed by atoms with van der Waals surface area (Å²) in [6, 6.07) is 0.662. The van der Waals surface area contributed by atoms with Crippen molar-refractivity contribution in [2.45, 2.75) is 83.9 Å². The van der Waals surface area contributed by atoms with Crippen molar-refractivity contribution in [3.8, 4) is 0 Å². The Labute approximate surface area is 101 Å². The Bertz CT molecular complexity index is 187. The zero-order chi connectivity index (χ0) is 12.0. The summed E-state index contributed by atoms with van der Waals surface area (Å²) in [7, 11) is 0. The molecule has 2 nitrogen and oxygen atoms in total. The van der Waals surface area contributed by atoms with E-state index in [1.807, 2.05) is 0 Å². The third kappa shape index (κ3) is 4.06. The molecule has 0 bridgehead atoms. The fourth-order valence-electron chi connectivity index (χ4n) is 2.48. The molecular formula is C14H29NO. The van der Waals surface area contributed by atoms with E-state index in [1.54, 1.807) is 0 Å².